The Bertz CT molecular complexity index is 615. The van der Waals surface area contributed by atoms with E-state index < -0.39 is 4.92 Å². The molecule has 0 atom stereocenters. The summed E-state index contributed by atoms with van der Waals surface area (Å²) in [5.41, 5.74) is 4.09. The predicted octanol–water partition coefficient (Wildman–Crippen LogP) is 3.69. The average molecular weight is 276 g/mol. The van der Waals surface area contributed by atoms with Crippen LogP contribution in [0.25, 0.3) is 0 Å². The number of hydrogen-bond acceptors (Lipinski definition) is 4. The standard InChI is InChI=1S/C13H10ClN3O2/c14-13-7-6-12(17(18)19)8-10(13)9-15-16-11-4-2-1-3-5-11/h1-9,16H. The minimum atomic E-state index is -0.474. The van der Waals surface area contributed by atoms with E-state index in [0.29, 0.717) is 10.6 Å². The summed E-state index contributed by atoms with van der Waals surface area (Å²) in [5.74, 6) is 0. The monoisotopic (exact) mass is 275 g/mol. The second kappa shape index (κ2) is 5.97. The Labute approximate surface area is 114 Å². The topological polar surface area (TPSA) is 67.5 Å². The molecule has 0 amide bonds. The van der Waals surface area contributed by atoms with Crippen LogP contribution in [0.2, 0.25) is 5.02 Å². The number of rotatable bonds is 4. The molecule has 0 aromatic heterocycles. The highest BCUT2D eigenvalue weighted by Crippen LogP contribution is 2.20. The van der Waals surface area contributed by atoms with E-state index in [1.54, 1.807) is 0 Å². The van der Waals surface area contributed by atoms with Crippen LogP contribution in [-0.2, 0) is 0 Å². The molecule has 0 heterocycles. The van der Waals surface area contributed by atoms with Gasteiger partial charge >= 0.3 is 0 Å². The molecule has 0 spiro atoms. The lowest BCUT2D eigenvalue weighted by atomic mass is 10.2. The smallest absolute Gasteiger partial charge is 0.270 e. The lowest BCUT2D eigenvalue weighted by molar-refractivity contribution is -0.384. The number of hydrazone groups is 1. The predicted molar refractivity (Wildman–Crippen MR) is 75.8 cm³/mol. The Balaban J connectivity index is 2.14. The van der Waals surface area contributed by atoms with Gasteiger partial charge in [-0.1, -0.05) is 29.8 Å². The molecule has 0 aliphatic carbocycles. The summed E-state index contributed by atoms with van der Waals surface area (Å²) < 4.78 is 0. The number of halogens is 1. The fourth-order valence-corrected chi connectivity index (χ4v) is 1.60. The van der Waals surface area contributed by atoms with Crippen LogP contribution in [0.15, 0.2) is 53.6 Å². The Morgan fingerprint density at radius 2 is 1.95 bits per heavy atom. The maximum atomic E-state index is 10.7. The maximum Gasteiger partial charge on any atom is 0.270 e. The van der Waals surface area contributed by atoms with Crippen LogP contribution in [0.1, 0.15) is 5.56 Å². The van der Waals surface area contributed by atoms with Crippen LogP contribution < -0.4 is 5.43 Å². The van der Waals surface area contributed by atoms with Crippen LogP contribution >= 0.6 is 11.6 Å². The van der Waals surface area contributed by atoms with Gasteiger partial charge in [-0.25, -0.2) is 0 Å². The molecule has 0 aliphatic rings. The molecule has 0 unspecified atom stereocenters. The molecule has 2 rings (SSSR count). The maximum absolute atomic E-state index is 10.7. The third-order valence-electron chi connectivity index (χ3n) is 2.36. The van der Waals surface area contributed by atoms with Gasteiger partial charge in [0, 0.05) is 22.7 Å². The molecule has 1 N–H and O–H groups in total. The minimum Gasteiger partial charge on any atom is -0.279 e. The van der Waals surface area contributed by atoms with Crippen LogP contribution in [0.4, 0.5) is 11.4 Å². The summed E-state index contributed by atoms with van der Waals surface area (Å²) in [6.45, 7) is 0. The highest BCUT2D eigenvalue weighted by Gasteiger charge is 2.07. The number of nitrogens with one attached hydrogen (secondary N) is 1. The van der Waals surface area contributed by atoms with Crippen molar-refractivity contribution < 1.29 is 4.92 Å². The van der Waals surface area contributed by atoms with E-state index in [2.05, 4.69) is 10.5 Å². The zero-order valence-electron chi connectivity index (χ0n) is 9.79. The molecular formula is C13H10ClN3O2. The van der Waals surface area contributed by atoms with E-state index in [0.717, 1.165) is 5.69 Å². The Morgan fingerprint density at radius 3 is 2.63 bits per heavy atom. The van der Waals surface area contributed by atoms with Gasteiger partial charge in [0.25, 0.3) is 5.69 Å². The zero-order valence-corrected chi connectivity index (χ0v) is 10.5. The van der Waals surface area contributed by atoms with Crippen molar-refractivity contribution in [1.29, 1.82) is 0 Å². The van der Waals surface area contributed by atoms with Crippen molar-refractivity contribution in [3.05, 3.63) is 69.2 Å². The lowest BCUT2D eigenvalue weighted by Crippen LogP contribution is -1.93. The second-order valence-corrected chi connectivity index (χ2v) is 4.11. The summed E-state index contributed by atoms with van der Waals surface area (Å²) in [6, 6.07) is 13.5. The van der Waals surface area contributed by atoms with Crippen molar-refractivity contribution in [2.75, 3.05) is 5.43 Å². The quantitative estimate of drug-likeness (QED) is 0.525. The van der Waals surface area contributed by atoms with Gasteiger partial charge in [-0.15, -0.1) is 0 Å². The molecule has 2 aromatic carbocycles. The first kappa shape index (κ1) is 13.0. The van der Waals surface area contributed by atoms with Crippen LogP contribution in [0.3, 0.4) is 0 Å². The van der Waals surface area contributed by atoms with E-state index in [-0.39, 0.29) is 5.69 Å². The van der Waals surface area contributed by atoms with E-state index in [1.807, 2.05) is 30.3 Å². The first-order valence-corrected chi connectivity index (χ1v) is 5.82. The summed E-state index contributed by atoms with van der Waals surface area (Å²) in [4.78, 5) is 10.2. The highest BCUT2D eigenvalue weighted by molar-refractivity contribution is 6.33. The second-order valence-electron chi connectivity index (χ2n) is 3.70. The Kier molecular flexibility index (Phi) is 4.10. The van der Waals surface area contributed by atoms with Gasteiger partial charge in [0.1, 0.15) is 0 Å². The van der Waals surface area contributed by atoms with Gasteiger partial charge in [0.15, 0.2) is 0 Å². The van der Waals surface area contributed by atoms with Crippen LogP contribution in [0.5, 0.6) is 0 Å². The summed E-state index contributed by atoms with van der Waals surface area (Å²) >= 11 is 5.94. The van der Waals surface area contributed by atoms with Crippen molar-refractivity contribution in [1.82, 2.24) is 0 Å². The summed E-state index contributed by atoms with van der Waals surface area (Å²) in [6.07, 6.45) is 1.45. The highest BCUT2D eigenvalue weighted by atomic mass is 35.5. The lowest BCUT2D eigenvalue weighted by Gasteiger charge is -2.00. The zero-order chi connectivity index (χ0) is 13.7. The third kappa shape index (κ3) is 3.53. The molecule has 5 nitrogen and oxygen atoms in total. The molecule has 96 valence electrons. The Hall–Kier alpha value is -2.40. The third-order valence-corrected chi connectivity index (χ3v) is 2.71. The van der Waals surface area contributed by atoms with Crippen molar-refractivity contribution in [2.24, 2.45) is 5.10 Å². The Morgan fingerprint density at radius 1 is 1.21 bits per heavy atom. The average Bonchev–Trinajstić information content (AvgIpc) is 2.42. The molecule has 0 fully saturated rings. The van der Waals surface area contributed by atoms with Crippen LogP contribution in [0, 0.1) is 10.1 Å². The van der Waals surface area contributed by atoms with Gasteiger partial charge < -0.3 is 0 Å². The fourth-order valence-electron chi connectivity index (χ4n) is 1.43. The number of para-hydroxylation sites is 1. The minimum absolute atomic E-state index is 0.0226. The van der Waals surface area contributed by atoms with Crippen LogP contribution in [-0.4, -0.2) is 11.1 Å². The van der Waals surface area contributed by atoms with Crippen molar-refractivity contribution >= 4 is 29.2 Å². The first-order chi connectivity index (χ1) is 9.16. The van der Waals surface area contributed by atoms with Gasteiger partial charge in [-0.3, -0.25) is 15.5 Å². The van der Waals surface area contributed by atoms with Gasteiger partial charge in [-0.05, 0) is 18.2 Å². The van der Waals surface area contributed by atoms with E-state index in [9.17, 15) is 10.1 Å². The van der Waals surface area contributed by atoms with E-state index >= 15 is 0 Å². The largest absolute Gasteiger partial charge is 0.279 e. The van der Waals surface area contributed by atoms with Gasteiger partial charge in [0.2, 0.25) is 0 Å². The summed E-state index contributed by atoms with van der Waals surface area (Å²) in [7, 11) is 0. The summed E-state index contributed by atoms with van der Waals surface area (Å²) in [5, 5.41) is 15.1. The van der Waals surface area contributed by atoms with Gasteiger partial charge in [-0.2, -0.15) is 5.10 Å². The van der Waals surface area contributed by atoms with Crippen molar-refractivity contribution in [3.8, 4) is 0 Å². The number of hydrogen-bond donors (Lipinski definition) is 1. The fraction of sp³-hybridized carbons (Fsp3) is 0. The number of nitrogens with zero attached hydrogens (tertiary/aromatic N) is 2. The van der Waals surface area contributed by atoms with Crippen molar-refractivity contribution in [3.63, 3.8) is 0 Å². The molecule has 0 bridgehead atoms. The first-order valence-electron chi connectivity index (χ1n) is 5.45. The number of nitro benzene ring substituents is 1. The number of anilines is 1. The normalized spacial score (nSPS) is 10.6. The SMILES string of the molecule is O=[N+]([O-])c1ccc(Cl)c(C=NNc2ccccc2)c1. The number of nitro groups is 1. The molecule has 6 heteroatoms. The molecule has 0 saturated heterocycles. The molecule has 0 radical (unpaired) electrons. The van der Waals surface area contributed by atoms with Gasteiger partial charge in [0.05, 0.1) is 16.8 Å². The van der Waals surface area contributed by atoms with Crippen molar-refractivity contribution in [2.45, 2.75) is 0 Å². The molecule has 0 saturated carbocycles. The van der Waals surface area contributed by atoms with E-state index in [4.69, 9.17) is 11.6 Å². The molecule has 2 aromatic rings. The number of benzene rings is 2. The van der Waals surface area contributed by atoms with E-state index in [1.165, 1.54) is 24.4 Å². The molecule has 0 aliphatic heterocycles. The molecule has 19 heavy (non-hydrogen) atoms. The molecular weight excluding hydrogens is 266 g/mol. The number of non-ortho nitro benzene ring substituents is 1.